The van der Waals surface area contributed by atoms with Gasteiger partial charge < -0.3 is 9.73 Å². The van der Waals surface area contributed by atoms with Crippen LogP contribution in [0.3, 0.4) is 0 Å². The second kappa shape index (κ2) is 6.15. The van der Waals surface area contributed by atoms with E-state index in [1.807, 2.05) is 18.2 Å². The summed E-state index contributed by atoms with van der Waals surface area (Å²) in [6.45, 7) is 0. The Kier molecular flexibility index (Phi) is 4.08. The van der Waals surface area contributed by atoms with Gasteiger partial charge in [-0.2, -0.15) is 5.10 Å². The number of furan rings is 1. The second-order valence-corrected chi connectivity index (χ2v) is 5.60. The van der Waals surface area contributed by atoms with Crippen LogP contribution in [-0.2, 0) is 4.79 Å². The quantitative estimate of drug-likeness (QED) is 0.698. The minimum Gasteiger partial charge on any atom is -0.455 e. The van der Waals surface area contributed by atoms with Crippen LogP contribution in [0.25, 0.3) is 11.3 Å². The van der Waals surface area contributed by atoms with E-state index in [-0.39, 0.29) is 5.91 Å². The van der Waals surface area contributed by atoms with Crippen LogP contribution in [0.5, 0.6) is 0 Å². The van der Waals surface area contributed by atoms with E-state index in [9.17, 15) is 4.79 Å². The molecule has 2 aromatic rings. The summed E-state index contributed by atoms with van der Waals surface area (Å²) < 4.78 is 5.64. The Labute approximate surface area is 130 Å². The predicted octanol–water partition coefficient (Wildman–Crippen LogP) is 3.15. The maximum absolute atomic E-state index is 11.0. The molecule has 0 aliphatic carbocycles. The third-order valence-electron chi connectivity index (χ3n) is 2.68. The van der Waals surface area contributed by atoms with E-state index in [0.29, 0.717) is 21.7 Å². The van der Waals surface area contributed by atoms with E-state index in [1.165, 1.54) is 18.0 Å². The van der Waals surface area contributed by atoms with Gasteiger partial charge in [-0.15, -0.1) is 5.10 Å². The van der Waals surface area contributed by atoms with E-state index in [2.05, 4.69) is 15.5 Å². The van der Waals surface area contributed by atoms with Gasteiger partial charge in [-0.05, 0) is 36.4 Å². The largest absolute Gasteiger partial charge is 0.455 e. The molecule has 1 N–H and O–H groups in total. The number of nitrogens with zero attached hydrogens (tertiary/aromatic N) is 2. The zero-order valence-corrected chi connectivity index (χ0v) is 12.3. The molecular weight excluding hydrogens is 310 g/mol. The summed E-state index contributed by atoms with van der Waals surface area (Å²) in [5, 5.41) is 11.6. The lowest BCUT2D eigenvalue weighted by Crippen LogP contribution is -2.19. The molecule has 0 spiro atoms. The fourth-order valence-corrected chi connectivity index (χ4v) is 2.47. The Bertz CT molecular complexity index is 722. The fraction of sp³-hybridized carbons (Fsp3) is 0.0714. The first-order chi connectivity index (χ1) is 10.2. The molecule has 0 bridgehead atoms. The molecule has 2 heterocycles. The highest BCUT2D eigenvalue weighted by molar-refractivity contribution is 8.15. The highest BCUT2D eigenvalue weighted by Gasteiger charge is 2.15. The maximum atomic E-state index is 11.0. The first-order valence-corrected chi connectivity index (χ1v) is 7.46. The van der Waals surface area contributed by atoms with Crippen LogP contribution in [0.1, 0.15) is 5.76 Å². The first kappa shape index (κ1) is 13.9. The number of benzene rings is 1. The van der Waals surface area contributed by atoms with Gasteiger partial charge in [0.1, 0.15) is 11.5 Å². The van der Waals surface area contributed by atoms with Gasteiger partial charge in [-0.25, -0.2) is 0 Å². The van der Waals surface area contributed by atoms with Crippen molar-refractivity contribution in [2.75, 3.05) is 5.75 Å². The summed E-state index contributed by atoms with van der Waals surface area (Å²) in [7, 11) is 0. The molecule has 7 heteroatoms. The van der Waals surface area contributed by atoms with Gasteiger partial charge in [0.2, 0.25) is 5.91 Å². The summed E-state index contributed by atoms with van der Waals surface area (Å²) in [6.07, 6.45) is 1.50. The lowest BCUT2D eigenvalue weighted by Gasteiger charge is -1.96. The molecule has 21 heavy (non-hydrogen) atoms. The SMILES string of the molecule is O=C1CS/C(=N/N=C/c2ccc(-c3ccc(Cl)cc3)o2)N1. The average Bonchev–Trinajstić information content (AvgIpc) is 3.09. The lowest BCUT2D eigenvalue weighted by atomic mass is 10.2. The number of carbonyl (C=O) groups excluding carboxylic acids is 1. The van der Waals surface area contributed by atoms with Crippen molar-refractivity contribution in [3.63, 3.8) is 0 Å². The Morgan fingerprint density at radius 2 is 2.05 bits per heavy atom. The number of hydrogen-bond acceptors (Lipinski definition) is 5. The first-order valence-electron chi connectivity index (χ1n) is 6.10. The van der Waals surface area contributed by atoms with Crippen LogP contribution < -0.4 is 5.32 Å². The van der Waals surface area contributed by atoms with Crippen molar-refractivity contribution in [2.45, 2.75) is 0 Å². The van der Waals surface area contributed by atoms with Gasteiger partial charge in [0.05, 0.1) is 12.0 Å². The zero-order valence-electron chi connectivity index (χ0n) is 10.7. The van der Waals surface area contributed by atoms with Crippen molar-refractivity contribution < 1.29 is 9.21 Å². The summed E-state index contributed by atoms with van der Waals surface area (Å²) in [6, 6.07) is 11.0. The summed E-state index contributed by atoms with van der Waals surface area (Å²) in [4.78, 5) is 11.0. The zero-order chi connectivity index (χ0) is 14.7. The fourth-order valence-electron chi connectivity index (χ4n) is 1.71. The Hall–Kier alpha value is -2.05. The second-order valence-electron chi connectivity index (χ2n) is 4.20. The Morgan fingerprint density at radius 1 is 1.24 bits per heavy atom. The summed E-state index contributed by atoms with van der Waals surface area (Å²) >= 11 is 7.17. The van der Waals surface area contributed by atoms with Gasteiger partial charge in [0, 0.05) is 10.6 Å². The molecule has 1 aliphatic rings. The minimum atomic E-state index is -0.0584. The van der Waals surface area contributed by atoms with Crippen LogP contribution >= 0.6 is 23.4 Å². The van der Waals surface area contributed by atoms with Crippen molar-refractivity contribution in [3.05, 3.63) is 47.2 Å². The molecule has 1 fully saturated rings. The van der Waals surface area contributed by atoms with Crippen LogP contribution in [0.2, 0.25) is 5.02 Å². The van der Waals surface area contributed by atoms with Crippen LogP contribution in [-0.4, -0.2) is 23.0 Å². The minimum absolute atomic E-state index is 0.0584. The molecule has 106 valence electrons. The van der Waals surface area contributed by atoms with Crippen molar-refractivity contribution in [1.29, 1.82) is 0 Å². The number of thioether (sulfide) groups is 1. The number of rotatable bonds is 3. The van der Waals surface area contributed by atoms with Gasteiger partial charge >= 0.3 is 0 Å². The molecule has 0 atom stereocenters. The number of amidine groups is 1. The summed E-state index contributed by atoms with van der Waals surface area (Å²) in [5.74, 6) is 1.63. The number of halogens is 1. The normalized spacial score (nSPS) is 16.8. The van der Waals surface area contributed by atoms with E-state index in [4.69, 9.17) is 16.0 Å². The molecule has 1 aromatic heterocycles. The van der Waals surface area contributed by atoms with E-state index in [1.54, 1.807) is 18.2 Å². The molecule has 1 aromatic carbocycles. The smallest absolute Gasteiger partial charge is 0.236 e. The molecule has 1 amide bonds. The Morgan fingerprint density at radius 3 is 2.76 bits per heavy atom. The topological polar surface area (TPSA) is 67.0 Å². The molecule has 1 saturated heterocycles. The van der Waals surface area contributed by atoms with Crippen LogP contribution in [0, 0.1) is 0 Å². The van der Waals surface area contributed by atoms with E-state index in [0.717, 1.165) is 11.3 Å². The van der Waals surface area contributed by atoms with Gasteiger partial charge in [0.15, 0.2) is 5.17 Å². The van der Waals surface area contributed by atoms with Crippen LogP contribution in [0.4, 0.5) is 0 Å². The van der Waals surface area contributed by atoms with E-state index >= 15 is 0 Å². The number of nitrogens with one attached hydrogen (secondary N) is 1. The number of carbonyl (C=O) groups is 1. The van der Waals surface area contributed by atoms with Crippen molar-refractivity contribution >= 4 is 40.7 Å². The summed E-state index contributed by atoms with van der Waals surface area (Å²) in [5.41, 5.74) is 0.934. The Balaban J connectivity index is 1.70. The maximum Gasteiger partial charge on any atom is 0.236 e. The highest BCUT2D eigenvalue weighted by Crippen LogP contribution is 2.23. The molecule has 3 rings (SSSR count). The third-order valence-corrected chi connectivity index (χ3v) is 3.79. The van der Waals surface area contributed by atoms with Crippen molar-refractivity contribution in [1.82, 2.24) is 5.32 Å². The predicted molar refractivity (Wildman–Crippen MR) is 84.8 cm³/mol. The monoisotopic (exact) mass is 319 g/mol. The third kappa shape index (κ3) is 3.53. The molecule has 1 aliphatic heterocycles. The lowest BCUT2D eigenvalue weighted by molar-refractivity contribution is -0.116. The molecule has 0 unspecified atom stereocenters. The number of hydrogen-bond donors (Lipinski definition) is 1. The van der Waals surface area contributed by atoms with Gasteiger partial charge in [-0.3, -0.25) is 4.79 Å². The molecule has 0 radical (unpaired) electrons. The number of amides is 1. The van der Waals surface area contributed by atoms with Crippen LogP contribution in [0.15, 0.2) is 51.0 Å². The van der Waals surface area contributed by atoms with Gasteiger partial charge in [-0.1, -0.05) is 23.4 Å². The average molecular weight is 320 g/mol. The van der Waals surface area contributed by atoms with Crippen molar-refractivity contribution in [2.24, 2.45) is 10.2 Å². The molecule has 5 nitrogen and oxygen atoms in total. The van der Waals surface area contributed by atoms with E-state index < -0.39 is 0 Å². The molecule has 0 saturated carbocycles. The molecular formula is C14H10ClN3O2S. The van der Waals surface area contributed by atoms with Crippen molar-refractivity contribution in [3.8, 4) is 11.3 Å². The highest BCUT2D eigenvalue weighted by atomic mass is 35.5. The van der Waals surface area contributed by atoms with Gasteiger partial charge in [0.25, 0.3) is 0 Å². The standard InChI is InChI=1S/C14H10ClN3O2S/c15-10-3-1-9(2-4-10)12-6-5-11(20-12)7-16-18-14-17-13(19)8-21-14/h1-7H,8H2,(H,17,18,19)/b16-7+.